The largest absolute Gasteiger partial charge is 0.493 e. The number of carbonyl (C=O) groups excluding carboxylic acids is 1. The lowest BCUT2D eigenvalue weighted by Crippen LogP contribution is -2.31. The zero-order valence-electron chi connectivity index (χ0n) is 20.5. The van der Waals surface area contributed by atoms with Crippen LogP contribution >= 0.6 is 16.1 Å². The summed E-state index contributed by atoms with van der Waals surface area (Å²) in [7, 11) is 4.42. The fraction of sp³-hybridized carbons (Fsp3) is 0.440. The van der Waals surface area contributed by atoms with Crippen LogP contribution in [-0.2, 0) is 12.0 Å². The Morgan fingerprint density at radius 1 is 1.09 bits per heavy atom. The number of hydrogen-bond acceptors (Lipinski definition) is 6. The van der Waals surface area contributed by atoms with Crippen molar-refractivity contribution < 1.29 is 28.1 Å². The lowest BCUT2D eigenvalue weighted by atomic mass is 9.84. The zero-order valence-corrected chi connectivity index (χ0v) is 22.1. The van der Waals surface area contributed by atoms with Crippen molar-refractivity contribution in [2.75, 3.05) is 34.5 Å². The fourth-order valence-electron chi connectivity index (χ4n) is 4.09. The van der Waals surface area contributed by atoms with Gasteiger partial charge in [-0.25, -0.2) is 4.39 Å². The SMILES string of the molecule is CCOc1cc(C(=O)CN2Cc3cc(OC)c(OC)c(F)c3C2=NBr)cc(C(C)(C)C)c1OC. The first kappa shape index (κ1) is 25.8. The van der Waals surface area contributed by atoms with Crippen LogP contribution in [0.2, 0.25) is 0 Å². The van der Waals surface area contributed by atoms with Crippen LogP contribution < -0.4 is 18.9 Å². The van der Waals surface area contributed by atoms with E-state index in [2.05, 4.69) is 20.2 Å². The predicted molar refractivity (Wildman–Crippen MR) is 133 cm³/mol. The van der Waals surface area contributed by atoms with Gasteiger partial charge >= 0.3 is 0 Å². The molecule has 0 atom stereocenters. The molecule has 3 rings (SSSR count). The molecule has 0 aliphatic carbocycles. The Labute approximate surface area is 208 Å². The molecule has 7 nitrogen and oxygen atoms in total. The lowest BCUT2D eigenvalue weighted by Gasteiger charge is -2.25. The van der Waals surface area contributed by atoms with Gasteiger partial charge in [-0.05, 0) is 36.1 Å². The molecule has 1 aliphatic rings. The number of ether oxygens (including phenoxy) is 4. The van der Waals surface area contributed by atoms with Gasteiger partial charge in [0.15, 0.2) is 34.6 Å². The second-order valence-electron chi connectivity index (χ2n) is 8.89. The highest BCUT2D eigenvalue weighted by molar-refractivity contribution is 9.08. The van der Waals surface area contributed by atoms with Gasteiger partial charge < -0.3 is 23.8 Å². The maximum absolute atomic E-state index is 15.2. The van der Waals surface area contributed by atoms with E-state index in [1.165, 1.54) is 14.2 Å². The first-order chi connectivity index (χ1) is 16.1. The van der Waals surface area contributed by atoms with Crippen LogP contribution in [0, 0.1) is 5.82 Å². The van der Waals surface area contributed by atoms with E-state index in [9.17, 15) is 4.79 Å². The molecule has 1 aliphatic heterocycles. The van der Waals surface area contributed by atoms with Gasteiger partial charge in [0, 0.05) is 17.7 Å². The first-order valence-electron chi connectivity index (χ1n) is 10.9. The zero-order chi connectivity index (χ0) is 25.2. The molecular weight excluding hydrogens is 507 g/mol. The van der Waals surface area contributed by atoms with Crippen molar-refractivity contribution in [1.29, 1.82) is 0 Å². The van der Waals surface area contributed by atoms with Gasteiger partial charge in [0.05, 0.1) is 56.2 Å². The molecule has 0 saturated carbocycles. The molecule has 184 valence electrons. The lowest BCUT2D eigenvalue weighted by molar-refractivity contribution is 0.0962. The van der Waals surface area contributed by atoms with Gasteiger partial charge in [0.2, 0.25) is 0 Å². The maximum Gasteiger partial charge on any atom is 0.197 e. The van der Waals surface area contributed by atoms with Crippen LogP contribution in [0.3, 0.4) is 0 Å². The Morgan fingerprint density at radius 3 is 2.29 bits per heavy atom. The second-order valence-corrected chi connectivity index (χ2v) is 9.24. The van der Waals surface area contributed by atoms with E-state index < -0.39 is 5.82 Å². The van der Waals surface area contributed by atoms with E-state index in [0.29, 0.717) is 41.6 Å². The molecule has 0 aromatic heterocycles. The quantitative estimate of drug-likeness (QED) is 0.426. The topological polar surface area (TPSA) is 69.6 Å². The van der Waals surface area contributed by atoms with E-state index in [4.69, 9.17) is 18.9 Å². The van der Waals surface area contributed by atoms with Crippen molar-refractivity contribution in [2.45, 2.75) is 39.7 Å². The molecule has 2 aromatic rings. The van der Waals surface area contributed by atoms with Crippen LogP contribution in [0.15, 0.2) is 22.2 Å². The molecule has 34 heavy (non-hydrogen) atoms. The van der Waals surface area contributed by atoms with Crippen molar-refractivity contribution in [1.82, 2.24) is 4.90 Å². The van der Waals surface area contributed by atoms with E-state index in [0.717, 1.165) is 5.56 Å². The summed E-state index contributed by atoms with van der Waals surface area (Å²) >= 11 is 3.10. The summed E-state index contributed by atoms with van der Waals surface area (Å²) < 4.78 is 41.2. The maximum atomic E-state index is 15.2. The fourth-order valence-corrected chi connectivity index (χ4v) is 4.49. The summed E-state index contributed by atoms with van der Waals surface area (Å²) in [5, 5.41) is 0. The molecule has 0 amide bonds. The van der Waals surface area contributed by atoms with Gasteiger partial charge in [-0.1, -0.05) is 20.8 Å². The minimum Gasteiger partial charge on any atom is -0.493 e. The number of ketones is 1. The van der Waals surface area contributed by atoms with E-state index in [1.807, 2.05) is 33.8 Å². The van der Waals surface area contributed by atoms with Gasteiger partial charge in [-0.15, -0.1) is 0 Å². The molecule has 1 heterocycles. The van der Waals surface area contributed by atoms with Gasteiger partial charge in [-0.3, -0.25) is 4.79 Å². The summed E-state index contributed by atoms with van der Waals surface area (Å²) in [4.78, 5) is 15.1. The second kappa shape index (κ2) is 10.2. The number of nitrogens with zero attached hydrogens (tertiary/aromatic N) is 2. The highest BCUT2D eigenvalue weighted by Crippen LogP contribution is 2.41. The summed E-state index contributed by atoms with van der Waals surface area (Å²) in [6, 6.07) is 5.24. The standard InChI is InChI=1S/C25H30BrFN2O5/c1-8-34-19-10-14(9-16(22(19)32-6)25(2,3)4)17(30)13-29-12-15-11-18(31-5)23(33-7)21(27)20(15)24(29)28-26/h9-11H,8,12-13H2,1-7H3. The number of methoxy groups -OCH3 is 3. The third-order valence-corrected chi connectivity index (χ3v) is 6.02. The van der Waals surface area contributed by atoms with Crippen molar-refractivity contribution in [3.8, 4) is 23.0 Å². The van der Waals surface area contributed by atoms with Crippen molar-refractivity contribution in [3.05, 3.63) is 46.3 Å². The number of halogens is 2. The number of amidine groups is 1. The van der Waals surface area contributed by atoms with E-state index in [1.54, 1.807) is 24.1 Å². The van der Waals surface area contributed by atoms with Crippen LogP contribution in [0.5, 0.6) is 23.0 Å². The summed E-state index contributed by atoms with van der Waals surface area (Å²) in [6.45, 7) is 8.74. The smallest absolute Gasteiger partial charge is 0.197 e. The molecular formula is C25H30BrFN2O5. The van der Waals surface area contributed by atoms with Gasteiger partial charge in [0.25, 0.3) is 0 Å². The molecule has 0 N–H and O–H groups in total. The Hall–Kier alpha value is -2.81. The Kier molecular flexibility index (Phi) is 7.75. The van der Waals surface area contributed by atoms with Crippen LogP contribution in [0.1, 0.15) is 54.7 Å². The normalized spacial score (nSPS) is 14.3. The molecule has 2 aromatic carbocycles. The van der Waals surface area contributed by atoms with Crippen molar-refractivity contribution in [2.24, 2.45) is 4.02 Å². The number of benzene rings is 2. The van der Waals surface area contributed by atoms with E-state index >= 15 is 4.39 Å². The molecule has 0 fully saturated rings. The molecule has 9 heteroatoms. The third kappa shape index (κ3) is 4.71. The van der Waals surface area contributed by atoms with Gasteiger partial charge in [0.1, 0.15) is 5.84 Å². The summed E-state index contributed by atoms with van der Waals surface area (Å²) in [6.07, 6.45) is 0. The number of rotatable bonds is 8. The molecule has 0 spiro atoms. The monoisotopic (exact) mass is 536 g/mol. The third-order valence-electron chi connectivity index (χ3n) is 5.68. The Bertz CT molecular complexity index is 1130. The van der Waals surface area contributed by atoms with Crippen molar-refractivity contribution in [3.63, 3.8) is 0 Å². The molecule has 0 saturated heterocycles. The summed E-state index contributed by atoms with van der Waals surface area (Å²) in [5.74, 6) is 0.986. The molecule has 0 unspecified atom stereocenters. The Balaban J connectivity index is 2.00. The minimum absolute atomic E-state index is 0.00518. The van der Waals surface area contributed by atoms with Crippen LogP contribution in [0.4, 0.5) is 4.39 Å². The predicted octanol–water partition coefficient (Wildman–Crippen LogP) is 5.30. The minimum atomic E-state index is -0.580. The van der Waals surface area contributed by atoms with Gasteiger partial charge in [-0.2, -0.15) is 4.02 Å². The van der Waals surface area contributed by atoms with E-state index in [-0.39, 0.29) is 34.8 Å². The van der Waals surface area contributed by atoms with Crippen molar-refractivity contribution >= 4 is 27.8 Å². The number of fused-ring (bicyclic) bond motifs is 1. The molecule has 0 bridgehead atoms. The highest BCUT2D eigenvalue weighted by atomic mass is 79.9. The first-order valence-corrected chi connectivity index (χ1v) is 11.6. The number of Topliss-reactive ketones (excluding diaryl/α,β-unsaturated/α-hetero) is 1. The van der Waals surface area contributed by atoms with Crippen LogP contribution in [-0.4, -0.2) is 51.0 Å². The average molecular weight is 537 g/mol. The van der Waals surface area contributed by atoms with Crippen LogP contribution in [0.25, 0.3) is 0 Å². The summed E-state index contributed by atoms with van der Waals surface area (Å²) in [5.41, 5.74) is 2.00. The number of carbonyl (C=O) groups is 1. The average Bonchev–Trinajstić information content (AvgIpc) is 3.14. The highest BCUT2D eigenvalue weighted by Gasteiger charge is 2.34. The Morgan fingerprint density at radius 2 is 1.76 bits per heavy atom. The molecule has 0 radical (unpaired) electrons. The number of hydrogen-bond donors (Lipinski definition) is 0.